The third kappa shape index (κ3) is 1.61. The Morgan fingerprint density at radius 3 is 2.94 bits per heavy atom. The molecule has 0 saturated heterocycles. The zero-order valence-corrected chi connectivity index (χ0v) is 9.68. The van der Waals surface area contributed by atoms with Crippen molar-refractivity contribution in [2.75, 3.05) is 0 Å². The molecule has 0 atom stereocenters. The number of hydrogen-bond donors (Lipinski definition) is 0. The summed E-state index contributed by atoms with van der Waals surface area (Å²) in [6, 6.07) is 5.66. The van der Waals surface area contributed by atoms with Crippen LogP contribution in [0.4, 0.5) is 0 Å². The second-order valence-corrected chi connectivity index (χ2v) is 5.03. The van der Waals surface area contributed by atoms with Crippen LogP contribution in [0.5, 0.6) is 0 Å². The van der Waals surface area contributed by atoms with Crippen LogP contribution in [0.2, 0.25) is 0 Å². The van der Waals surface area contributed by atoms with Crippen LogP contribution in [-0.2, 0) is 12.8 Å². The van der Waals surface area contributed by atoms with E-state index in [0.29, 0.717) is 0 Å². The van der Waals surface area contributed by atoms with Gasteiger partial charge in [-0.2, -0.15) is 0 Å². The number of rotatable bonds is 1. The van der Waals surface area contributed by atoms with E-state index in [4.69, 9.17) is 4.42 Å². The number of hydrogen-bond acceptors (Lipinski definition) is 3. The van der Waals surface area contributed by atoms with E-state index in [-0.39, 0.29) is 5.63 Å². The van der Waals surface area contributed by atoms with Gasteiger partial charge in [0.15, 0.2) is 5.76 Å². The minimum atomic E-state index is -0.218. The average Bonchev–Trinajstić information content (AvgIpc) is 2.81. The van der Waals surface area contributed by atoms with Crippen LogP contribution in [0.1, 0.15) is 24.0 Å². The van der Waals surface area contributed by atoms with Crippen molar-refractivity contribution in [3.63, 3.8) is 0 Å². The van der Waals surface area contributed by atoms with Gasteiger partial charge >= 0.3 is 5.63 Å². The van der Waals surface area contributed by atoms with Gasteiger partial charge in [-0.15, -0.1) is 11.3 Å². The molecule has 1 aliphatic carbocycles. The van der Waals surface area contributed by atoms with E-state index in [1.165, 1.54) is 24.0 Å². The van der Waals surface area contributed by atoms with E-state index in [0.717, 1.165) is 23.5 Å². The SMILES string of the molecule is O=c1cc2c(c(-c3cccs3)o1)CCCC2. The Balaban J connectivity index is 2.24. The second kappa shape index (κ2) is 3.91. The summed E-state index contributed by atoms with van der Waals surface area (Å²) in [4.78, 5) is 12.6. The molecular weight excluding hydrogens is 220 g/mol. The van der Waals surface area contributed by atoms with Crippen LogP contribution in [0.15, 0.2) is 32.8 Å². The minimum Gasteiger partial charge on any atom is -0.422 e. The molecule has 0 aromatic carbocycles. The maximum atomic E-state index is 11.5. The van der Waals surface area contributed by atoms with Gasteiger partial charge in [0, 0.05) is 6.07 Å². The first-order valence-corrected chi connectivity index (χ1v) is 6.42. The lowest BCUT2D eigenvalue weighted by Crippen LogP contribution is -2.10. The van der Waals surface area contributed by atoms with Crippen LogP contribution >= 0.6 is 11.3 Å². The van der Waals surface area contributed by atoms with Gasteiger partial charge in [-0.05, 0) is 48.3 Å². The van der Waals surface area contributed by atoms with Crippen molar-refractivity contribution in [1.29, 1.82) is 0 Å². The highest BCUT2D eigenvalue weighted by molar-refractivity contribution is 7.13. The van der Waals surface area contributed by atoms with Crippen molar-refractivity contribution >= 4 is 11.3 Å². The molecule has 1 aliphatic rings. The molecule has 0 radical (unpaired) electrons. The predicted octanol–water partition coefficient (Wildman–Crippen LogP) is 3.25. The Kier molecular flexibility index (Phi) is 2.40. The van der Waals surface area contributed by atoms with Crippen molar-refractivity contribution in [3.8, 4) is 10.6 Å². The molecule has 2 aromatic heterocycles. The smallest absolute Gasteiger partial charge is 0.336 e. The third-order valence-corrected chi connectivity index (χ3v) is 3.89. The fourth-order valence-electron chi connectivity index (χ4n) is 2.29. The predicted molar refractivity (Wildman–Crippen MR) is 64.9 cm³/mol. The summed E-state index contributed by atoms with van der Waals surface area (Å²) in [5, 5.41) is 2.01. The second-order valence-electron chi connectivity index (χ2n) is 4.08. The molecule has 0 aliphatic heterocycles. The molecule has 0 bridgehead atoms. The highest BCUT2D eigenvalue weighted by Crippen LogP contribution is 2.32. The fourth-order valence-corrected chi connectivity index (χ4v) is 3.02. The van der Waals surface area contributed by atoms with Crippen molar-refractivity contribution in [2.24, 2.45) is 0 Å². The molecule has 0 unspecified atom stereocenters. The van der Waals surface area contributed by atoms with E-state index in [1.807, 2.05) is 17.5 Å². The molecule has 82 valence electrons. The first-order valence-electron chi connectivity index (χ1n) is 5.54. The third-order valence-electron chi connectivity index (χ3n) is 3.02. The van der Waals surface area contributed by atoms with Gasteiger partial charge in [-0.3, -0.25) is 0 Å². The zero-order valence-electron chi connectivity index (χ0n) is 8.86. The Bertz CT molecular complexity index is 552. The lowest BCUT2D eigenvalue weighted by molar-refractivity contribution is 0.508. The van der Waals surface area contributed by atoms with E-state index in [1.54, 1.807) is 17.4 Å². The van der Waals surface area contributed by atoms with Crippen molar-refractivity contribution in [3.05, 3.63) is 45.1 Å². The molecule has 0 saturated carbocycles. The Morgan fingerprint density at radius 2 is 2.12 bits per heavy atom. The molecular formula is C13H12O2S. The zero-order chi connectivity index (χ0) is 11.0. The van der Waals surface area contributed by atoms with Gasteiger partial charge in [-0.1, -0.05) is 6.07 Å². The molecule has 2 nitrogen and oxygen atoms in total. The molecule has 0 amide bonds. The Hall–Kier alpha value is -1.35. The molecule has 0 N–H and O–H groups in total. The lowest BCUT2D eigenvalue weighted by Gasteiger charge is -2.16. The Morgan fingerprint density at radius 1 is 1.25 bits per heavy atom. The van der Waals surface area contributed by atoms with Crippen molar-refractivity contribution in [1.82, 2.24) is 0 Å². The fraction of sp³-hybridized carbons (Fsp3) is 0.308. The van der Waals surface area contributed by atoms with E-state index < -0.39 is 0 Å². The van der Waals surface area contributed by atoms with E-state index in [9.17, 15) is 4.79 Å². The maximum absolute atomic E-state index is 11.5. The van der Waals surface area contributed by atoms with E-state index in [2.05, 4.69) is 0 Å². The van der Waals surface area contributed by atoms with Crippen LogP contribution < -0.4 is 5.63 Å². The van der Waals surface area contributed by atoms with Gasteiger partial charge < -0.3 is 4.42 Å². The highest BCUT2D eigenvalue weighted by atomic mass is 32.1. The lowest BCUT2D eigenvalue weighted by atomic mass is 9.91. The van der Waals surface area contributed by atoms with Crippen molar-refractivity contribution < 1.29 is 4.42 Å². The summed E-state index contributed by atoms with van der Waals surface area (Å²) in [6.45, 7) is 0. The summed E-state index contributed by atoms with van der Waals surface area (Å²) in [5.41, 5.74) is 2.21. The molecule has 16 heavy (non-hydrogen) atoms. The monoisotopic (exact) mass is 232 g/mol. The van der Waals surface area contributed by atoms with Gasteiger partial charge in [0.25, 0.3) is 0 Å². The molecule has 2 heterocycles. The van der Waals surface area contributed by atoms with Crippen LogP contribution in [0.3, 0.4) is 0 Å². The largest absolute Gasteiger partial charge is 0.422 e. The summed E-state index contributed by atoms with van der Waals surface area (Å²) in [6.07, 6.45) is 4.42. The van der Waals surface area contributed by atoms with Crippen LogP contribution in [0, 0.1) is 0 Å². The standard InChI is InChI=1S/C13H12O2S/c14-12-8-9-4-1-2-5-10(9)13(15-12)11-6-3-7-16-11/h3,6-8H,1-2,4-5H2. The number of aryl methyl sites for hydroxylation is 1. The Labute approximate surface area is 97.5 Å². The first-order chi connectivity index (χ1) is 7.84. The van der Waals surface area contributed by atoms with Crippen LogP contribution in [-0.4, -0.2) is 0 Å². The number of thiophene rings is 1. The minimum absolute atomic E-state index is 0.218. The summed E-state index contributed by atoms with van der Waals surface area (Å²) >= 11 is 1.62. The topological polar surface area (TPSA) is 30.2 Å². The van der Waals surface area contributed by atoms with Gasteiger partial charge in [0.1, 0.15) is 0 Å². The molecule has 3 heteroatoms. The summed E-state index contributed by atoms with van der Waals surface area (Å²) in [5.74, 6) is 0.803. The normalized spacial score (nSPS) is 14.8. The first kappa shape index (κ1) is 9.85. The quantitative estimate of drug-likeness (QED) is 0.755. The molecule has 3 rings (SSSR count). The van der Waals surface area contributed by atoms with Gasteiger partial charge in [0.05, 0.1) is 4.88 Å². The summed E-state index contributed by atoms with van der Waals surface area (Å²) in [7, 11) is 0. The highest BCUT2D eigenvalue weighted by Gasteiger charge is 2.18. The van der Waals surface area contributed by atoms with Gasteiger partial charge in [0.2, 0.25) is 0 Å². The maximum Gasteiger partial charge on any atom is 0.336 e. The average molecular weight is 232 g/mol. The molecule has 0 spiro atoms. The van der Waals surface area contributed by atoms with Gasteiger partial charge in [-0.25, -0.2) is 4.79 Å². The van der Waals surface area contributed by atoms with E-state index >= 15 is 0 Å². The molecule has 0 fully saturated rings. The van der Waals surface area contributed by atoms with Crippen molar-refractivity contribution in [2.45, 2.75) is 25.7 Å². The molecule has 2 aromatic rings. The van der Waals surface area contributed by atoms with Crippen LogP contribution in [0.25, 0.3) is 10.6 Å². The summed E-state index contributed by atoms with van der Waals surface area (Å²) < 4.78 is 5.37. The number of fused-ring (bicyclic) bond motifs is 1.